The molecule has 0 saturated carbocycles. The first-order valence-corrected chi connectivity index (χ1v) is 9.63. The van der Waals surface area contributed by atoms with Gasteiger partial charge in [0.05, 0.1) is 11.3 Å². The maximum absolute atomic E-state index is 13.5. The maximum atomic E-state index is 13.5. The molecule has 31 heavy (non-hydrogen) atoms. The number of hydrogen-bond donors (Lipinski definition) is 1. The third-order valence-electron chi connectivity index (χ3n) is 4.39. The fraction of sp³-hybridized carbons (Fsp3) is 0.273. The van der Waals surface area contributed by atoms with Crippen molar-refractivity contribution >= 4 is 11.7 Å². The highest BCUT2D eigenvalue weighted by atomic mass is 19.3. The van der Waals surface area contributed by atoms with Gasteiger partial charge in [0.25, 0.3) is 6.43 Å². The molecule has 2 heterocycles. The number of benzene rings is 1. The predicted molar refractivity (Wildman–Crippen MR) is 110 cm³/mol. The number of Topliss-reactive ketones (excluding diaryl/α,β-unsaturated/α-hetero) is 1. The van der Waals surface area contributed by atoms with E-state index in [0.717, 1.165) is 0 Å². The van der Waals surface area contributed by atoms with E-state index in [9.17, 15) is 18.0 Å². The van der Waals surface area contributed by atoms with Gasteiger partial charge in [-0.3, -0.25) is 9.78 Å². The van der Waals surface area contributed by atoms with E-state index < -0.39 is 17.9 Å². The van der Waals surface area contributed by atoms with Gasteiger partial charge >= 0.3 is 0 Å². The molecule has 0 aliphatic rings. The number of nitrogen functional groups attached to an aromatic ring is 1. The number of anilines is 1. The fourth-order valence-electron chi connectivity index (χ4n) is 3.09. The number of carbonyl (C=O) groups excluding carboxylic acids is 1. The minimum atomic E-state index is -2.79. The zero-order valence-electron chi connectivity index (χ0n) is 17.0. The minimum Gasteiger partial charge on any atom is -0.469 e. The van der Waals surface area contributed by atoms with E-state index in [4.69, 9.17) is 10.5 Å². The number of halogens is 3. The van der Waals surface area contributed by atoms with Crippen LogP contribution in [0.4, 0.5) is 19.1 Å². The molecule has 3 aromatic rings. The fourth-order valence-corrected chi connectivity index (χ4v) is 3.09. The molecule has 6 nitrogen and oxygen atoms in total. The summed E-state index contributed by atoms with van der Waals surface area (Å²) in [6, 6.07) is 8.23. The molecule has 162 valence electrons. The molecule has 9 heteroatoms. The van der Waals surface area contributed by atoms with Gasteiger partial charge in [0.2, 0.25) is 11.8 Å². The number of aryl methyl sites for hydroxylation is 1. The number of nitrogens with zero attached hydrogens (tertiary/aromatic N) is 3. The first kappa shape index (κ1) is 22.2. The Kier molecular flexibility index (Phi) is 6.84. The molecule has 2 N–H and O–H groups in total. The van der Waals surface area contributed by atoms with Crippen molar-refractivity contribution in [1.82, 2.24) is 15.0 Å². The van der Waals surface area contributed by atoms with Crippen LogP contribution in [0.5, 0.6) is 5.88 Å². The number of carbonyl (C=O) groups is 1. The number of ketones is 1. The second-order valence-electron chi connectivity index (χ2n) is 6.92. The summed E-state index contributed by atoms with van der Waals surface area (Å²) in [4.78, 5) is 24.2. The standard InChI is InChI=1S/C22H21F3N4O2/c1-3-4-16(30)11-31-21-18(14-9-12(2)27-17(10-14)20(24)25)19(28-22(26)29-21)13-5-7-15(23)8-6-13/h5-10,20H,3-4,11H2,1-2H3,(H2,26,28,29). The Morgan fingerprint density at radius 1 is 1.10 bits per heavy atom. The van der Waals surface area contributed by atoms with Gasteiger partial charge in [-0.1, -0.05) is 6.92 Å². The highest BCUT2D eigenvalue weighted by Crippen LogP contribution is 2.39. The molecular weight excluding hydrogens is 409 g/mol. The summed E-state index contributed by atoms with van der Waals surface area (Å²) in [7, 11) is 0. The number of rotatable bonds is 8. The van der Waals surface area contributed by atoms with Crippen LogP contribution >= 0.6 is 0 Å². The molecule has 0 aliphatic carbocycles. The van der Waals surface area contributed by atoms with Crippen molar-refractivity contribution in [3.63, 3.8) is 0 Å². The van der Waals surface area contributed by atoms with Crippen molar-refractivity contribution in [2.75, 3.05) is 12.3 Å². The van der Waals surface area contributed by atoms with Crippen LogP contribution in [-0.4, -0.2) is 27.3 Å². The Morgan fingerprint density at radius 2 is 1.81 bits per heavy atom. The molecule has 0 radical (unpaired) electrons. The van der Waals surface area contributed by atoms with Crippen LogP contribution in [0.15, 0.2) is 36.4 Å². The zero-order chi connectivity index (χ0) is 22.5. The zero-order valence-corrected chi connectivity index (χ0v) is 17.0. The molecule has 0 aliphatic heterocycles. The van der Waals surface area contributed by atoms with Gasteiger partial charge in [-0.25, -0.2) is 18.2 Å². The summed E-state index contributed by atoms with van der Waals surface area (Å²) in [5.74, 6) is -0.759. The van der Waals surface area contributed by atoms with Crippen LogP contribution in [0.1, 0.15) is 37.6 Å². The second-order valence-corrected chi connectivity index (χ2v) is 6.92. The molecule has 1 aromatic carbocycles. The smallest absolute Gasteiger partial charge is 0.280 e. The van der Waals surface area contributed by atoms with E-state index in [1.807, 2.05) is 6.92 Å². The van der Waals surface area contributed by atoms with Crippen LogP contribution in [0.25, 0.3) is 22.4 Å². The van der Waals surface area contributed by atoms with Gasteiger partial charge in [0.15, 0.2) is 5.78 Å². The van der Waals surface area contributed by atoms with Crippen molar-refractivity contribution in [3.8, 4) is 28.3 Å². The van der Waals surface area contributed by atoms with E-state index in [2.05, 4.69) is 15.0 Å². The third-order valence-corrected chi connectivity index (χ3v) is 4.39. The van der Waals surface area contributed by atoms with Crippen molar-refractivity contribution in [2.45, 2.75) is 33.1 Å². The number of pyridine rings is 1. The lowest BCUT2D eigenvalue weighted by molar-refractivity contribution is -0.121. The first-order valence-electron chi connectivity index (χ1n) is 9.63. The third kappa shape index (κ3) is 5.36. The van der Waals surface area contributed by atoms with E-state index in [1.165, 1.54) is 30.3 Å². The van der Waals surface area contributed by atoms with Gasteiger partial charge in [0.1, 0.15) is 18.1 Å². The maximum Gasteiger partial charge on any atom is 0.280 e. The Bertz CT molecular complexity index is 1090. The molecular formula is C22H21F3N4O2. The van der Waals surface area contributed by atoms with Crippen molar-refractivity contribution in [2.24, 2.45) is 0 Å². The second kappa shape index (κ2) is 9.55. The van der Waals surface area contributed by atoms with Crippen LogP contribution < -0.4 is 10.5 Å². The SMILES string of the molecule is CCCC(=O)COc1nc(N)nc(-c2ccc(F)cc2)c1-c1cc(C)nc(C(F)F)c1. The van der Waals surface area contributed by atoms with E-state index >= 15 is 0 Å². The van der Waals surface area contributed by atoms with E-state index in [-0.39, 0.29) is 35.5 Å². The molecule has 0 spiro atoms. The largest absolute Gasteiger partial charge is 0.469 e. The number of alkyl halides is 2. The van der Waals surface area contributed by atoms with Gasteiger partial charge < -0.3 is 10.5 Å². The molecule has 0 fully saturated rings. The number of hydrogen-bond acceptors (Lipinski definition) is 6. The summed E-state index contributed by atoms with van der Waals surface area (Å²) >= 11 is 0. The quantitative estimate of drug-likeness (QED) is 0.545. The summed E-state index contributed by atoms with van der Waals surface area (Å²) in [6.45, 7) is 3.19. The monoisotopic (exact) mass is 430 g/mol. The van der Waals surface area contributed by atoms with E-state index in [0.29, 0.717) is 29.7 Å². The van der Waals surface area contributed by atoms with E-state index in [1.54, 1.807) is 13.0 Å². The summed E-state index contributed by atoms with van der Waals surface area (Å²) in [5.41, 5.74) is 7.09. The topological polar surface area (TPSA) is 91.0 Å². The minimum absolute atomic E-state index is 0.0258. The van der Waals surface area contributed by atoms with Crippen LogP contribution in [0.2, 0.25) is 0 Å². The number of nitrogens with two attached hydrogens (primary N) is 1. The Labute approximate surface area is 177 Å². The van der Waals surface area contributed by atoms with Crippen molar-refractivity contribution in [3.05, 3.63) is 53.6 Å². The average Bonchev–Trinajstić information content (AvgIpc) is 2.72. The van der Waals surface area contributed by atoms with Gasteiger partial charge in [-0.2, -0.15) is 4.98 Å². The Morgan fingerprint density at radius 3 is 2.45 bits per heavy atom. The van der Waals surface area contributed by atoms with Gasteiger partial charge in [-0.05, 0) is 55.3 Å². The van der Waals surface area contributed by atoms with Crippen molar-refractivity contribution in [1.29, 1.82) is 0 Å². The summed E-state index contributed by atoms with van der Waals surface area (Å²) in [5, 5.41) is 0. The Balaban J connectivity index is 2.22. The predicted octanol–water partition coefficient (Wildman–Crippen LogP) is 4.92. The highest BCUT2D eigenvalue weighted by Gasteiger charge is 2.22. The average molecular weight is 430 g/mol. The molecule has 0 amide bonds. The molecule has 2 aromatic heterocycles. The molecule has 0 unspecified atom stereocenters. The number of ether oxygens (including phenoxy) is 1. The van der Waals surface area contributed by atoms with Gasteiger partial charge in [0, 0.05) is 17.7 Å². The molecule has 0 bridgehead atoms. The molecule has 0 atom stereocenters. The number of aromatic nitrogens is 3. The Hall–Kier alpha value is -3.49. The normalized spacial score (nSPS) is 11.0. The summed E-state index contributed by atoms with van der Waals surface area (Å²) in [6.07, 6.45) is -1.81. The van der Waals surface area contributed by atoms with Crippen LogP contribution in [-0.2, 0) is 4.79 Å². The highest BCUT2D eigenvalue weighted by molar-refractivity contribution is 5.86. The summed E-state index contributed by atoms with van der Waals surface area (Å²) < 4.78 is 45.9. The lowest BCUT2D eigenvalue weighted by Gasteiger charge is -2.16. The lowest BCUT2D eigenvalue weighted by Crippen LogP contribution is -2.13. The first-order chi connectivity index (χ1) is 14.8. The molecule has 3 rings (SSSR count). The van der Waals surface area contributed by atoms with Gasteiger partial charge in [-0.15, -0.1) is 0 Å². The molecule has 0 saturated heterocycles. The lowest BCUT2D eigenvalue weighted by atomic mass is 9.99. The van der Waals surface area contributed by atoms with Crippen LogP contribution in [0, 0.1) is 12.7 Å². The van der Waals surface area contributed by atoms with Crippen LogP contribution in [0.3, 0.4) is 0 Å². The van der Waals surface area contributed by atoms with Crippen molar-refractivity contribution < 1.29 is 22.7 Å².